The average Bonchev–Trinajstić information content (AvgIpc) is 3.07. The van der Waals surface area contributed by atoms with E-state index in [2.05, 4.69) is 4.90 Å². The van der Waals surface area contributed by atoms with Gasteiger partial charge in [0.2, 0.25) is 10.0 Å². The smallest absolute Gasteiger partial charge is 0.312 e. The zero-order valence-corrected chi connectivity index (χ0v) is 15.1. The summed E-state index contributed by atoms with van der Waals surface area (Å²) in [5.74, 6) is -1.08. The van der Waals surface area contributed by atoms with E-state index < -0.39 is 21.4 Å². The minimum atomic E-state index is -3.36. The van der Waals surface area contributed by atoms with Crippen LogP contribution in [0.3, 0.4) is 0 Å². The van der Waals surface area contributed by atoms with E-state index in [0.717, 1.165) is 11.8 Å². The fraction of sp³-hybridized carbons (Fsp3) is 0.588. The molecule has 0 aliphatic carbocycles. The topological polar surface area (TPSA) is 87.2 Å². The Morgan fingerprint density at radius 1 is 1.28 bits per heavy atom. The quantitative estimate of drug-likeness (QED) is 0.705. The van der Waals surface area contributed by atoms with Crippen LogP contribution in [-0.4, -0.2) is 74.3 Å². The lowest BCUT2D eigenvalue weighted by molar-refractivity contribution is -0.148. The van der Waals surface area contributed by atoms with Crippen LogP contribution in [0.4, 0.5) is 0 Å². The zero-order chi connectivity index (χ0) is 18.1. The predicted molar refractivity (Wildman–Crippen MR) is 92.5 cm³/mol. The number of benzene rings is 1. The number of carboxylic acid groups (broad SMARTS) is 1. The van der Waals surface area contributed by atoms with Crippen molar-refractivity contribution in [2.24, 2.45) is 11.3 Å². The standard InChI is InChI=1S/C17H24N2O5S/c1-25(22,23)19-10-15-9-18(12-17(15,13-19)16(20)21)7-8-24-11-14-5-3-2-4-6-14/h2-6,15H,7-13H2,1H3,(H,20,21)/t15-,17-/m1/s1. The molecule has 2 aliphatic rings. The summed E-state index contributed by atoms with van der Waals surface area (Å²) < 4.78 is 30.5. The van der Waals surface area contributed by atoms with E-state index in [-0.39, 0.29) is 19.0 Å². The van der Waals surface area contributed by atoms with Crippen LogP contribution in [0.5, 0.6) is 0 Å². The Kier molecular flexibility index (Phi) is 5.15. The van der Waals surface area contributed by atoms with Crippen molar-refractivity contribution < 1.29 is 23.1 Å². The van der Waals surface area contributed by atoms with E-state index in [1.54, 1.807) is 0 Å². The molecule has 0 unspecified atom stereocenters. The Morgan fingerprint density at radius 3 is 2.60 bits per heavy atom. The number of carbonyl (C=O) groups is 1. The number of nitrogens with zero attached hydrogens (tertiary/aromatic N) is 2. The van der Waals surface area contributed by atoms with E-state index in [1.807, 2.05) is 30.3 Å². The largest absolute Gasteiger partial charge is 0.481 e. The Labute approximate surface area is 148 Å². The zero-order valence-electron chi connectivity index (χ0n) is 14.3. The highest BCUT2D eigenvalue weighted by atomic mass is 32.2. The molecule has 1 aromatic carbocycles. The van der Waals surface area contributed by atoms with Gasteiger partial charge in [-0.05, 0) is 5.56 Å². The molecule has 2 saturated heterocycles. The number of sulfonamides is 1. The lowest BCUT2D eigenvalue weighted by Crippen LogP contribution is -2.42. The van der Waals surface area contributed by atoms with Gasteiger partial charge in [0.05, 0.1) is 24.9 Å². The molecule has 0 aromatic heterocycles. The second-order valence-corrected chi connectivity index (χ2v) is 8.97. The Balaban J connectivity index is 1.53. The molecule has 2 fully saturated rings. The summed E-state index contributed by atoms with van der Waals surface area (Å²) in [6.45, 7) is 3.01. The molecule has 8 heteroatoms. The number of fused-ring (bicyclic) bond motifs is 1. The minimum absolute atomic E-state index is 0.0627. The fourth-order valence-electron chi connectivity index (χ4n) is 3.81. The first-order chi connectivity index (χ1) is 11.8. The van der Waals surface area contributed by atoms with Gasteiger partial charge in [-0.1, -0.05) is 30.3 Å². The maximum atomic E-state index is 11.9. The third kappa shape index (κ3) is 3.87. The number of aliphatic carboxylic acids is 1. The monoisotopic (exact) mass is 368 g/mol. The van der Waals surface area contributed by atoms with Crippen molar-refractivity contribution >= 4 is 16.0 Å². The summed E-state index contributed by atoms with van der Waals surface area (Å²) in [6.07, 6.45) is 1.14. The normalized spacial score (nSPS) is 27.5. The van der Waals surface area contributed by atoms with Gasteiger partial charge in [-0.3, -0.25) is 9.69 Å². The summed E-state index contributed by atoms with van der Waals surface area (Å²) >= 11 is 0. The first kappa shape index (κ1) is 18.3. The Bertz CT molecular complexity index is 724. The Hall–Kier alpha value is -1.48. The van der Waals surface area contributed by atoms with Crippen molar-refractivity contribution in [3.8, 4) is 0 Å². The summed E-state index contributed by atoms with van der Waals surface area (Å²) in [5.41, 5.74) is 0.106. The van der Waals surface area contributed by atoms with Gasteiger partial charge in [0.1, 0.15) is 0 Å². The molecule has 0 amide bonds. The number of ether oxygens (including phenoxy) is 1. The van der Waals surface area contributed by atoms with Gasteiger partial charge < -0.3 is 9.84 Å². The first-order valence-electron chi connectivity index (χ1n) is 8.34. The summed E-state index contributed by atoms with van der Waals surface area (Å²) in [4.78, 5) is 13.9. The summed E-state index contributed by atoms with van der Waals surface area (Å²) in [5, 5.41) is 9.72. The maximum absolute atomic E-state index is 11.9. The van der Waals surface area contributed by atoms with Gasteiger partial charge >= 0.3 is 5.97 Å². The number of rotatable bonds is 7. The van der Waals surface area contributed by atoms with E-state index >= 15 is 0 Å². The predicted octanol–water partition coefficient (Wildman–Crippen LogP) is 0.481. The first-order valence-corrected chi connectivity index (χ1v) is 10.2. The molecule has 25 heavy (non-hydrogen) atoms. The second kappa shape index (κ2) is 7.03. The number of likely N-dealkylation sites (tertiary alicyclic amines) is 1. The highest BCUT2D eigenvalue weighted by Gasteiger charge is 2.58. The van der Waals surface area contributed by atoms with Gasteiger partial charge in [0.25, 0.3) is 0 Å². The van der Waals surface area contributed by atoms with Crippen LogP contribution >= 0.6 is 0 Å². The molecular formula is C17H24N2O5S. The van der Waals surface area contributed by atoms with Crippen LogP contribution in [0.25, 0.3) is 0 Å². The molecular weight excluding hydrogens is 344 g/mol. The van der Waals surface area contributed by atoms with Crippen molar-refractivity contribution in [3.05, 3.63) is 35.9 Å². The third-order valence-electron chi connectivity index (χ3n) is 5.21. The van der Waals surface area contributed by atoms with Gasteiger partial charge in [-0.2, -0.15) is 0 Å². The van der Waals surface area contributed by atoms with Crippen LogP contribution < -0.4 is 0 Å². The summed E-state index contributed by atoms with van der Waals surface area (Å²) in [6, 6.07) is 9.88. The van der Waals surface area contributed by atoms with Crippen LogP contribution in [0.15, 0.2) is 30.3 Å². The fourth-order valence-corrected chi connectivity index (χ4v) is 4.72. The highest BCUT2D eigenvalue weighted by molar-refractivity contribution is 7.88. The van der Waals surface area contributed by atoms with E-state index in [1.165, 1.54) is 4.31 Å². The molecule has 2 atom stereocenters. The van der Waals surface area contributed by atoms with Gasteiger partial charge in [0.15, 0.2) is 0 Å². The van der Waals surface area contributed by atoms with Crippen molar-refractivity contribution in [3.63, 3.8) is 0 Å². The van der Waals surface area contributed by atoms with Crippen LogP contribution in [0.1, 0.15) is 5.56 Å². The SMILES string of the molecule is CS(=O)(=O)N1C[C@H]2CN(CCOCc3ccccc3)C[C@@]2(C(=O)O)C1. The van der Waals surface area contributed by atoms with Gasteiger partial charge in [-0.15, -0.1) is 0 Å². The van der Waals surface area contributed by atoms with Crippen molar-refractivity contribution in [2.45, 2.75) is 6.61 Å². The van der Waals surface area contributed by atoms with Crippen molar-refractivity contribution in [2.75, 3.05) is 45.6 Å². The molecule has 138 valence electrons. The van der Waals surface area contributed by atoms with Gasteiger partial charge in [-0.25, -0.2) is 12.7 Å². The number of carboxylic acids is 1. The van der Waals surface area contributed by atoms with Crippen LogP contribution in [0.2, 0.25) is 0 Å². The molecule has 0 radical (unpaired) electrons. The van der Waals surface area contributed by atoms with Crippen molar-refractivity contribution in [1.29, 1.82) is 0 Å². The molecule has 0 saturated carbocycles. The molecule has 2 aliphatic heterocycles. The molecule has 3 rings (SSSR count). The molecule has 1 N–H and O–H groups in total. The summed E-state index contributed by atoms with van der Waals surface area (Å²) in [7, 11) is -3.36. The maximum Gasteiger partial charge on any atom is 0.312 e. The molecule has 2 heterocycles. The number of hydrogen-bond donors (Lipinski definition) is 1. The minimum Gasteiger partial charge on any atom is -0.481 e. The van der Waals surface area contributed by atoms with E-state index in [9.17, 15) is 18.3 Å². The third-order valence-corrected chi connectivity index (χ3v) is 6.42. The van der Waals surface area contributed by atoms with Gasteiger partial charge in [0, 0.05) is 38.6 Å². The lowest BCUT2D eigenvalue weighted by atomic mass is 9.81. The highest BCUT2D eigenvalue weighted by Crippen LogP contribution is 2.43. The molecule has 0 bridgehead atoms. The number of hydrogen-bond acceptors (Lipinski definition) is 5. The average molecular weight is 368 g/mol. The molecule has 0 spiro atoms. The van der Waals surface area contributed by atoms with E-state index in [0.29, 0.717) is 32.8 Å². The molecule has 1 aromatic rings. The molecule has 7 nitrogen and oxygen atoms in total. The second-order valence-electron chi connectivity index (χ2n) is 6.99. The lowest BCUT2D eigenvalue weighted by Gasteiger charge is -2.24. The van der Waals surface area contributed by atoms with E-state index in [4.69, 9.17) is 4.74 Å². The van der Waals surface area contributed by atoms with Crippen LogP contribution in [0, 0.1) is 11.3 Å². The Morgan fingerprint density at radius 2 is 2.00 bits per heavy atom. The van der Waals surface area contributed by atoms with Crippen molar-refractivity contribution in [1.82, 2.24) is 9.21 Å². The van der Waals surface area contributed by atoms with Crippen LogP contribution in [-0.2, 0) is 26.2 Å².